The lowest BCUT2D eigenvalue weighted by Crippen LogP contribution is -2.38. The Morgan fingerprint density at radius 1 is 1.52 bits per heavy atom. The van der Waals surface area contributed by atoms with Gasteiger partial charge < -0.3 is 4.57 Å². The van der Waals surface area contributed by atoms with Crippen molar-refractivity contribution in [2.24, 2.45) is 0 Å². The molecule has 2 aromatic rings. The maximum absolute atomic E-state index is 13.9. The van der Waals surface area contributed by atoms with E-state index in [0.29, 0.717) is 4.47 Å². The number of rotatable bonds is 4. The molecule has 0 aliphatic heterocycles. The highest BCUT2D eigenvalue weighted by molar-refractivity contribution is 9.10. The number of nitrogens with zero attached hydrogens (tertiary/aromatic N) is 2. The summed E-state index contributed by atoms with van der Waals surface area (Å²) >= 11 is 11.4. The molecule has 1 atom stereocenters. The van der Waals surface area contributed by atoms with Gasteiger partial charge in [0.25, 0.3) is 0 Å². The van der Waals surface area contributed by atoms with E-state index >= 15 is 0 Å². The van der Waals surface area contributed by atoms with Crippen LogP contribution in [0, 0.1) is 5.82 Å². The van der Waals surface area contributed by atoms with E-state index in [1.807, 2.05) is 18.7 Å². The first-order chi connectivity index (χ1) is 9.96. The number of imidazole rings is 1. The summed E-state index contributed by atoms with van der Waals surface area (Å²) in [6.45, 7) is 2.76. The van der Waals surface area contributed by atoms with E-state index in [2.05, 4.69) is 31.7 Å². The molecule has 1 aliphatic rings. The third kappa shape index (κ3) is 2.73. The molecule has 1 aliphatic carbocycles. The van der Waals surface area contributed by atoms with Gasteiger partial charge in [0.2, 0.25) is 0 Å². The molecule has 0 bridgehead atoms. The Morgan fingerprint density at radius 2 is 2.24 bits per heavy atom. The summed E-state index contributed by atoms with van der Waals surface area (Å²) < 4.78 is 16.7. The van der Waals surface area contributed by atoms with Crippen LogP contribution in [0.5, 0.6) is 0 Å². The molecule has 1 aromatic heterocycles. The molecular weight excluding hydrogens is 375 g/mol. The van der Waals surface area contributed by atoms with Crippen molar-refractivity contribution >= 4 is 50.3 Å². The fourth-order valence-corrected chi connectivity index (χ4v) is 4.35. The lowest BCUT2D eigenvalue weighted by molar-refractivity contribution is 0.321. The third-order valence-corrected chi connectivity index (χ3v) is 6.53. The minimum Gasteiger partial charge on any atom is -0.325 e. The van der Waals surface area contributed by atoms with Crippen LogP contribution >= 0.6 is 39.3 Å². The van der Waals surface area contributed by atoms with E-state index in [4.69, 9.17) is 11.6 Å². The van der Waals surface area contributed by atoms with Gasteiger partial charge in [-0.2, -0.15) is 11.8 Å². The molecule has 0 spiro atoms. The smallest absolute Gasteiger partial charge is 0.139 e. The second-order valence-corrected chi connectivity index (χ2v) is 8.45. The van der Waals surface area contributed by atoms with Gasteiger partial charge >= 0.3 is 0 Å². The molecule has 0 N–H and O–H groups in total. The molecule has 6 heteroatoms. The highest BCUT2D eigenvalue weighted by Crippen LogP contribution is 2.45. The van der Waals surface area contributed by atoms with Crippen molar-refractivity contribution < 1.29 is 4.39 Å². The molecule has 1 heterocycles. The van der Waals surface area contributed by atoms with Gasteiger partial charge in [0.1, 0.15) is 11.6 Å². The van der Waals surface area contributed by atoms with E-state index < -0.39 is 0 Å². The first-order valence-corrected chi connectivity index (χ1v) is 9.45. The van der Waals surface area contributed by atoms with E-state index in [1.165, 1.54) is 19.3 Å². The fourth-order valence-electron chi connectivity index (χ4n) is 2.89. The second kappa shape index (κ2) is 5.74. The predicted octanol–water partition coefficient (Wildman–Crippen LogP) is 5.52. The molecule has 3 rings (SSSR count). The molecule has 1 saturated carbocycles. The van der Waals surface area contributed by atoms with Crippen molar-refractivity contribution in [3.05, 3.63) is 28.2 Å². The van der Waals surface area contributed by atoms with Crippen LogP contribution in [-0.2, 0) is 6.54 Å². The number of hydrogen-bond acceptors (Lipinski definition) is 2. The lowest BCUT2D eigenvalue weighted by atomic mass is 9.84. The minimum absolute atomic E-state index is 0.196. The third-order valence-electron chi connectivity index (χ3n) is 4.32. The summed E-state index contributed by atoms with van der Waals surface area (Å²) in [4.78, 5) is 4.62. The summed E-state index contributed by atoms with van der Waals surface area (Å²) in [7, 11) is 0. The Kier molecular flexibility index (Phi) is 4.27. The average molecular weight is 392 g/mol. The van der Waals surface area contributed by atoms with E-state index in [9.17, 15) is 4.39 Å². The van der Waals surface area contributed by atoms with Crippen LogP contribution in [-0.4, -0.2) is 20.6 Å². The quantitative estimate of drug-likeness (QED) is 0.638. The molecule has 2 nitrogen and oxygen atoms in total. The maximum atomic E-state index is 13.9. The van der Waals surface area contributed by atoms with Crippen LogP contribution in [0.1, 0.15) is 37.4 Å². The molecule has 0 saturated heterocycles. The van der Waals surface area contributed by atoms with Crippen LogP contribution in [0.4, 0.5) is 4.39 Å². The van der Waals surface area contributed by atoms with Crippen LogP contribution in [0.3, 0.4) is 0 Å². The van der Waals surface area contributed by atoms with Gasteiger partial charge in [-0.1, -0.05) is 6.42 Å². The standard InChI is InChI=1S/C15H17BrClFN2S/c1-9(17)14-19-12-6-10(16)11(18)7-13(12)20(14)8-15(21-2)4-3-5-15/h6-7,9H,3-5,8H2,1-2H3. The maximum Gasteiger partial charge on any atom is 0.139 e. The summed E-state index contributed by atoms with van der Waals surface area (Å²) in [5, 5.41) is -0.196. The van der Waals surface area contributed by atoms with Gasteiger partial charge in [-0.05, 0) is 48.0 Å². The van der Waals surface area contributed by atoms with Gasteiger partial charge in [-0.25, -0.2) is 9.37 Å². The van der Waals surface area contributed by atoms with E-state index in [0.717, 1.165) is 23.4 Å². The Labute approximate surface area is 141 Å². The normalized spacial score (nSPS) is 18.7. The molecule has 0 amide bonds. The summed E-state index contributed by atoms with van der Waals surface area (Å²) in [6, 6.07) is 3.29. The zero-order chi connectivity index (χ0) is 15.2. The van der Waals surface area contributed by atoms with Gasteiger partial charge in [0, 0.05) is 17.4 Å². The predicted molar refractivity (Wildman–Crippen MR) is 91.8 cm³/mol. The number of benzene rings is 1. The SMILES string of the molecule is CSC1(Cn2c(C(C)Cl)nc3cc(Br)c(F)cc32)CCC1. The number of fused-ring (bicyclic) bond motifs is 1. The van der Waals surface area contributed by atoms with Crippen LogP contribution in [0.2, 0.25) is 0 Å². The van der Waals surface area contributed by atoms with Gasteiger partial charge in [-0.3, -0.25) is 0 Å². The Bertz CT molecular complexity index is 676. The van der Waals surface area contributed by atoms with Crippen LogP contribution in [0.15, 0.2) is 16.6 Å². The molecule has 1 unspecified atom stereocenters. The first-order valence-electron chi connectivity index (χ1n) is 7.00. The highest BCUT2D eigenvalue weighted by Gasteiger charge is 2.37. The zero-order valence-corrected chi connectivity index (χ0v) is 15.2. The lowest BCUT2D eigenvalue weighted by Gasteiger charge is -2.41. The van der Waals surface area contributed by atoms with Gasteiger partial charge in [-0.15, -0.1) is 11.6 Å². The molecule has 21 heavy (non-hydrogen) atoms. The Balaban J connectivity index is 2.13. The van der Waals surface area contributed by atoms with Crippen molar-refractivity contribution in [2.45, 2.75) is 42.9 Å². The van der Waals surface area contributed by atoms with Crippen molar-refractivity contribution in [3.63, 3.8) is 0 Å². The van der Waals surface area contributed by atoms with E-state index in [-0.39, 0.29) is 15.9 Å². The minimum atomic E-state index is -0.260. The monoisotopic (exact) mass is 390 g/mol. The number of halogens is 3. The molecule has 1 aromatic carbocycles. The topological polar surface area (TPSA) is 17.8 Å². The van der Waals surface area contributed by atoms with E-state index in [1.54, 1.807) is 12.1 Å². The second-order valence-electron chi connectivity index (χ2n) is 5.67. The first kappa shape index (κ1) is 15.6. The number of thioether (sulfide) groups is 1. The van der Waals surface area contributed by atoms with Crippen molar-refractivity contribution in [2.75, 3.05) is 6.26 Å². The van der Waals surface area contributed by atoms with Crippen LogP contribution in [0.25, 0.3) is 11.0 Å². The Hall–Kier alpha value is -0.260. The average Bonchev–Trinajstić information content (AvgIpc) is 2.73. The number of alkyl halides is 1. The number of aromatic nitrogens is 2. The summed E-state index contributed by atoms with van der Waals surface area (Å²) in [6.07, 6.45) is 5.81. The Morgan fingerprint density at radius 3 is 2.76 bits per heavy atom. The van der Waals surface area contributed by atoms with Crippen LogP contribution < -0.4 is 0 Å². The molecular formula is C15H17BrClFN2S. The largest absolute Gasteiger partial charge is 0.325 e. The number of hydrogen-bond donors (Lipinski definition) is 0. The van der Waals surface area contributed by atoms with Crippen molar-refractivity contribution in [1.29, 1.82) is 0 Å². The highest BCUT2D eigenvalue weighted by atomic mass is 79.9. The van der Waals surface area contributed by atoms with Crippen molar-refractivity contribution in [1.82, 2.24) is 9.55 Å². The summed E-state index contributed by atoms with van der Waals surface area (Å²) in [5.41, 5.74) is 1.62. The summed E-state index contributed by atoms with van der Waals surface area (Å²) in [5.74, 6) is 0.564. The zero-order valence-electron chi connectivity index (χ0n) is 12.0. The molecule has 114 valence electrons. The van der Waals surface area contributed by atoms with Gasteiger partial charge in [0.15, 0.2) is 0 Å². The molecule has 1 fully saturated rings. The molecule has 0 radical (unpaired) electrons. The van der Waals surface area contributed by atoms with Gasteiger partial charge in [0.05, 0.1) is 20.9 Å². The van der Waals surface area contributed by atoms with Crippen molar-refractivity contribution in [3.8, 4) is 0 Å². The fraction of sp³-hybridized carbons (Fsp3) is 0.533.